The summed E-state index contributed by atoms with van der Waals surface area (Å²) < 4.78 is 34.5. The summed E-state index contributed by atoms with van der Waals surface area (Å²) in [5, 5.41) is 0. The third-order valence-corrected chi connectivity index (χ3v) is 3.35. The second-order valence-corrected chi connectivity index (χ2v) is 6.72. The molecule has 0 fully saturated rings. The van der Waals surface area contributed by atoms with E-state index in [1.54, 1.807) is 24.3 Å². The van der Waals surface area contributed by atoms with E-state index in [4.69, 9.17) is 9.47 Å². The molecule has 0 aliphatic carbocycles. The van der Waals surface area contributed by atoms with E-state index in [0.29, 0.717) is 11.5 Å². The molecule has 2 aromatic rings. The van der Waals surface area contributed by atoms with Crippen LogP contribution in [0.5, 0.6) is 17.2 Å². The molecule has 122 valence electrons. The van der Waals surface area contributed by atoms with Crippen LogP contribution in [0.4, 0.5) is 0 Å². The number of rotatable bonds is 6. The molecule has 1 N–H and O–H groups in total. The van der Waals surface area contributed by atoms with Crippen molar-refractivity contribution in [3.05, 3.63) is 54.1 Å². The monoisotopic (exact) mass is 335 g/mol. The second kappa shape index (κ2) is 7.15. The van der Waals surface area contributed by atoms with Crippen LogP contribution in [-0.2, 0) is 14.8 Å². The molecule has 0 saturated carbocycles. The maximum Gasteiger partial charge on any atom is 0.271 e. The molecule has 2 aromatic carbocycles. The normalized spacial score (nSPS) is 10.9. The highest BCUT2D eigenvalue weighted by atomic mass is 32.2. The van der Waals surface area contributed by atoms with Crippen molar-refractivity contribution in [2.75, 3.05) is 12.9 Å². The van der Waals surface area contributed by atoms with Crippen LogP contribution in [0.1, 0.15) is 5.56 Å². The Morgan fingerprint density at radius 3 is 1.96 bits per heavy atom. The number of amides is 1. The lowest BCUT2D eigenvalue weighted by atomic mass is 10.2. The van der Waals surface area contributed by atoms with Gasteiger partial charge in [-0.1, -0.05) is 17.7 Å². The third-order valence-electron chi connectivity index (χ3n) is 2.75. The van der Waals surface area contributed by atoms with Gasteiger partial charge in [0.15, 0.2) is 6.61 Å². The van der Waals surface area contributed by atoms with Gasteiger partial charge in [-0.2, -0.15) is 0 Å². The van der Waals surface area contributed by atoms with Crippen LogP contribution in [-0.4, -0.2) is 27.2 Å². The maximum absolute atomic E-state index is 11.3. The van der Waals surface area contributed by atoms with Crippen LogP contribution < -0.4 is 14.2 Å². The molecule has 0 heterocycles. The molecule has 0 spiro atoms. The number of carbonyl (C=O) groups is 1. The van der Waals surface area contributed by atoms with Crippen LogP contribution in [0.3, 0.4) is 0 Å². The second-order valence-electron chi connectivity index (χ2n) is 4.97. The Kier molecular flexibility index (Phi) is 5.23. The first-order valence-corrected chi connectivity index (χ1v) is 8.69. The molecular weight excluding hydrogens is 318 g/mol. The minimum atomic E-state index is -3.57. The van der Waals surface area contributed by atoms with Crippen LogP contribution in [0, 0.1) is 6.92 Å². The largest absolute Gasteiger partial charge is 0.484 e. The van der Waals surface area contributed by atoms with Crippen molar-refractivity contribution >= 4 is 15.9 Å². The Hall–Kier alpha value is -2.54. The van der Waals surface area contributed by atoms with E-state index >= 15 is 0 Å². The average molecular weight is 335 g/mol. The van der Waals surface area contributed by atoms with Gasteiger partial charge in [-0.25, -0.2) is 8.42 Å². The van der Waals surface area contributed by atoms with Gasteiger partial charge in [0.1, 0.15) is 17.2 Å². The smallest absolute Gasteiger partial charge is 0.271 e. The van der Waals surface area contributed by atoms with Gasteiger partial charge in [-0.3, -0.25) is 9.52 Å². The van der Waals surface area contributed by atoms with Crippen molar-refractivity contribution < 1.29 is 22.7 Å². The fourth-order valence-corrected chi connectivity index (χ4v) is 2.20. The molecular formula is C16H17NO5S. The summed E-state index contributed by atoms with van der Waals surface area (Å²) in [6.45, 7) is 1.61. The van der Waals surface area contributed by atoms with E-state index in [0.717, 1.165) is 17.6 Å². The molecule has 0 bridgehead atoms. The molecule has 0 radical (unpaired) electrons. The van der Waals surface area contributed by atoms with E-state index < -0.39 is 15.9 Å². The van der Waals surface area contributed by atoms with Crippen molar-refractivity contribution in [3.63, 3.8) is 0 Å². The number of hydrogen-bond acceptors (Lipinski definition) is 5. The van der Waals surface area contributed by atoms with Gasteiger partial charge in [-0.05, 0) is 43.3 Å². The summed E-state index contributed by atoms with van der Waals surface area (Å²) in [7, 11) is -3.57. The van der Waals surface area contributed by atoms with Gasteiger partial charge in [0.2, 0.25) is 10.0 Å². The van der Waals surface area contributed by atoms with Gasteiger partial charge in [0.25, 0.3) is 5.91 Å². The van der Waals surface area contributed by atoms with Crippen LogP contribution >= 0.6 is 0 Å². The average Bonchev–Trinajstić information content (AvgIpc) is 2.47. The number of ether oxygens (including phenoxy) is 2. The summed E-state index contributed by atoms with van der Waals surface area (Å²) in [5.74, 6) is 1.05. The predicted molar refractivity (Wildman–Crippen MR) is 86.2 cm³/mol. The first-order valence-electron chi connectivity index (χ1n) is 6.80. The lowest BCUT2D eigenvalue weighted by molar-refractivity contribution is -0.121. The Balaban J connectivity index is 1.89. The minimum Gasteiger partial charge on any atom is -0.484 e. The molecule has 1 amide bonds. The van der Waals surface area contributed by atoms with Gasteiger partial charge in [-0.15, -0.1) is 0 Å². The Labute approximate surface area is 135 Å². The van der Waals surface area contributed by atoms with E-state index in [9.17, 15) is 13.2 Å². The summed E-state index contributed by atoms with van der Waals surface area (Å²) in [6, 6.07) is 14.3. The fraction of sp³-hybridized carbons (Fsp3) is 0.188. The predicted octanol–water partition coefficient (Wildman–Crippen LogP) is 2.24. The maximum atomic E-state index is 11.3. The van der Waals surface area contributed by atoms with Gasteiger partial charge < -0.3 is 9.47 Å². The molecule has 0 unspecified atom stereocenters. The Bertz CT molecular complexity index is 767. The quantitative estimate of drug-likeness (QED) is 0.875. The van der Waals surface area contributed by atoms with E-state index in [2.05, 4.69) is 0 Å². The molecule has 6 nitrogen and oxygen atoms in total. The van der Waals surface area contributed by atoms with Crippen LogP contribution in [0.15, 0.2) is 48.5 Å². The van der Waals surface area contributed by atoms with E-state index in [-0.39, 0.29) is 6.61 Å². The summed E-state index contributed by atoms with van der Waals surface area (Å²) in [4.78, 5) is 11.3. The molecule has 7 heteroatoms. The van der Waals surface area contributed by atoms with E-state index in [1.807, 2.05) is 35.9 Å². The first-order chi connectivity index (χ1) is 10.8. The van der Waals surface area contributed by atoms with Crippen molar-refractivity contribution in [1.82, 2.24) is 4.72 Å². The number of hydrogen-bond donors (Lipinski definition) is 1. The highest BCUT2D eigenvalue weighted by Gasteiger charge is 2.09. The van der Waals surface area contributed by atoms with Crippen LogP contribution in [0.25, 0.3) is 0 Å². The lowest BCUT2D eigenvalue weighted by Crippen LogP contribution is -2.33. The zero-order valence-electron chi connectivity index (χ0n) is 12.8. The number of carbonyl (C=O) groups excluding carboxylic acids is 1. The number of sulfonamides is 1. The van der Waals surface area contributed by atoms with Gasteiger partial charge in [0, 0.05) is 0 Å². The molecule has 0 saturated heterocycles. The van der Waals surface area contributed by atoms with Gasteiger partial charge >= 0.3 is 0 Å². The van der Waals surface area contributed by atoms with E-state index in [1.165, 1.54) is 0 Å². The van der Waals surface area contributed by atoms with Crippen molar-refractivity contribution in [3.8, 4) is 17.2 Å². The molecule has 0 aliphatic rings. The summed E-state index contributed by atoms with van der Waals surface area (Å²) in [5.41, 5.74) is 1.15. The zero-order chi connectivity index (χ0) is 16.9. The summed E-state index contributed by atoms with van der Waals surface area (Å²) in [6.07, 6.45) is 0.905. The SMILES string of the molecule is Cc1ccc(Oc2ccc(OCC(=O)NS(C)(=O)=O)cc2)cc1. The van der Waals surface area contributed by atoms with Gasteiger partial charge in [0.05, 0.1) is 6.26 Å². The lowest BCUT2D eigenvalue weighted by Gasteiger charge is -2.08. The highest BCUT2D eigenvalue weighted by Crippen LogP contribution is 2.24. The van der Waals surface area contributed by atoms with Crippen LogP contribution in [0.2, 0.25) is 0 Å². The molecule has 2 rings (SSSR count). The van der Waals surface area contributed by atoms with Crippen molar-refractivity contribution in [2.45, 2.75) is 6.92 Å². The number of aryl methyl sites for hydroxylation is 1. The minimum absolute atomic E-state index is 0.384. The fourth-order valence-electron chi connectivity index (χ4n) is 1.73. The Morgan fingerprint density at radius 1 is 0.957 bits per heavy atom. The molecule has 0 aliphatic heterocycles. The topological polar surface area (TPSA) is 81.7 Å². The first kappa shape index (κ1) is 16.8. The number of benzene rings is 2. The van der Waals surface area contributed by atoms with Crippen molar-refractivity contribution in [2.24, 2.45) is 0 Å². The standard InChI is InChI=1S/C16H17NO5S/c1-12-3-5-14(6-4-12)22-15-9-7-13(8-10-15)21-11-16(18)17-23(2,19)20/h3-10H,11H2,1-2H3,(H,17,18). The zero-order valence-corrected chi connectivity index (χ0v) is 13.6. The molecule has 0 atom stereocenters. The van der Waals surface area contributed by atoms with Crippen molar-refractivity contribution in [1.29, 1.82) is 0 Å². The highest BCUT2D eigenvalue weighted by molar-refractivity contribution is 7.89. The molecule has 23 heavy (non-hydrogen) atoms. The third kappa shape index (κ3) is 5.99. The summed E-state index contributed by atoms with van der Waals surface area (Å²) >= 11 is 0. The molecule has 0 aromatic heterocycles. The number of nitrogens with one attached hydrogen (secondary N) is 1. The Morgan fingerprint density at radius 2 is 1.43 bits per heavy atom.